The molecule has 0 bridgehead atoms. The number of carbonyl (C=O) groups excluding carboxylic acids is 1. The molecule has 27 heavy (non-hydrogen) atoms. The highest BCUT2D eigenvalue weighted by Crippen LogP contribution is 2.24. The summed E-state index contributed by atoms with van der Waals surface area (Å²) in [5, 5.41) is 14.3. The van der Waals surface area contributed by atoms with E-state index in [1.54, 1.807) is 6.20 Å². The zero-order valence-corrected chi connectivity index (χ0v) is 17.1. The van der Waals surface area contributed by atoms with Crippen molar-refractivity contribution >= 4 is 34.1 Å². The molecule has 0 spiro atoms. The molecule has 0 atom stereocenters. The summed E-state index contributed by atoms with van der Waals surface area (Å²) in [6.45, 7) is 7.10. The zero-order chi connectivity index (χ0) is 19.2. The number of nitrogens with one attached hydrogen (secondary N) is 1. The molecule has 7 nitrogen and oxygen atoms in total. The van der Waals surface area contributed by atoms with E-state index in [0.29, 0.717) is 23.4 Å². The molecule has 9 heteroatoms. The van der Waals surface area contributed by atoms with Crippen LogP contribution in [-0.4, -0.2) is 31.4 Å². The van der Waals surface area contributed by atoms with Crippen LogP contribution in [-0.2, 0) is 17.9 Å². The van der Waals surface area contributed by atoms with Crippen molar-refractivity contribution in [1.29, 1.82) is 0 Å². The van der Waals surface area contributed by atoms with E-state index < -0.39 is 0 Å². The fourth-order valence-corrected chi connectivity index (χ4v) is 3.95. The molecule has 0 aliphatic rings. The van der Waals surface area contributed by atoms with Crippen molar-refractivity contribution < 1.29 is 9.53 Å². The van der Waals surface area contributed by atoms with Gasteiger partial charge in [-0.25, -0.2) is 4.98 Å². The van der Waals surface area contributed by atoms with E-state index in [2.05, 4.69) is 20.5 Å². The highest BCUT2D eigenvalue weighted by molar-refractivity contribution is 7.99. The summed E-state index contributed by atoms with van der Waals surface area (Å²) in [4.78, 5) is 16.1. The van der Waals surface area contributed by atoms with Gasteiger partial charge in [0.05, 0.1) is 5.75 Å². The lowest BCUT2D eigenvalue weighted by molar-refractivity contribution is -0.113. The molecule has 3 aromatic rings. The van der Waals surface area contributed by atoms with Crippen LogP contribution in [0.25, 0.3) is 0 Å². The lowest BCUT2D eigenvalue weighted by Crippen LogP contribution is -2.14. The van der Waals surface area contributed by atoms with Gasteiger partial charge in [-0.15, -0.1) is 21.5 Å². The first kappa shape index (κ1) is 19.4. The minimum atomic E-state index is -0.117. The minimum absolute atomic E-state index is 0.117. The number of hydrogen-bond donors (Lipinski definition) is 1. The lowest BCUT2D eigenvalue weighted by atomic mass is 10.1. The summed E-state index contributed by atoms with van der Waals surface area (Å²) in [6, 6.07) is 6.06. The van der Waals surface area contributed by atoms with Crippen LogP contribution in [0.3, 0.4) is 0 Å². The fraction of sp³-hybridized carbons (Fsp3) is 0.333. The van der Waals surface area contributed by atoms with Gasteiger partial charge in [0, 0.05) is 18.1 Å². The molecule has 0 aliphatic carbocycles. The number of nitrogens with zero attached hydrogens (tertiary/aromatic N) is 4. The Morgan fingerprint density at radius 1 is 1.30 bits per heavy atom. The highest BCUT2D eigenvalue weighted by atomic mass is 32.2. The topological polar surface area (TPSA) is 81.9 Å². The van der Waals surface area contributed by atoms with Crippen molar-refractivity contribution in [1.82, 2.24) is 19.7 Å². The standard InChI is InChI=1S/C18H21N5O2S2/c1-4-23-14(10-25-16-12(2)6-5-7-13(16)3)21-22-18(23)27-11-15(24)20-17-19-8-9-26-17/h5-9H,4,10-11H2,1-3H3,(H,19,20,24). The predicted molar refractivity (Wildman–Crippen MR) is 107 cm³/mol. The molecular weight excluding hydrogens is 382 g/mol. The Morgan fingerprint density at radius 2 is 2.07 bits per heavy atom. The smallest absolute Gasteiger partial charge is 0.236 e. The first-order chi connectivity index (χ1) is 13.1. The van der Waals surface area contributed by atoms with Crippen LogP contribution < -0.4 is 10.1 Å². The molecule has 0 saturated carbocycles. The number of rotatable bonds is 8. The number of para-hydroxylation sites is 1. The van der Waals surface area contributed by atoms with Gasteiger partial charge in [0.15, 0.2) is 16.1 Å². The minimum Gasteiger partial charge on any atom is -0.485 e. The number of thioether (sulfide) groups is 1. The van der Waals surface area contributed by atoms with Gasteiger partial charge in [-0.1, -0.05) is 30.0 Å². The highest BCUT2D eigenvalue weighted by Gasteiger charge is 2.15. The molecule has 1 N–H and O–H groups in total. The van der Waals surface area contributed by atoms with Gasteiger partial charge in [-0.3, -0.25) is 4.79 Å². The number of hydrogen-bond acceptors (Lipinski definition) is 7. The normalized spacial score (nSPS) is 10.8. The van der Waals surface area contributed by atoms with Crippen molar-refractivity contribution in [3.63, 3.8) is 0 Å². The Morgan fingerprint density at radius 3 is 2.74 bits per heavy atom. The molecule has 142 valence electrons. The monoisotopic (exact) mass is 403 g/mol. The second kappa shape index (κ2) is 9.01. The Balaban J connectivity index is 1.61. The number of ether oxygens (including phenoxy) is 1. The van der Waals surface area contributed by atoms with Crippen molar-refractivity contribution in [2.45, 2.75) is 39.1 Å². The zero-order valence-electron chi connectivity index (χ0n) is 15.4. The fourth-order valence-electron chi connectivity index (χ4n) is 2.58. The number of anilines is 1. The summed E-state index contributed by atoms with van der Waals surface area (Å²) in [7, 11) is 0. The third-order valence-corrected chi connectivity index (χ3v) is 5.53. The van der Waals surface area contributed by atoms with Gasteiger partial charge in [0.2, 0.25) is 5.91 Å². The third-order valence-electron chi connectivity index (χ3n) is 3.88. The number of aromatic nitrogens is 4. The molecule has 0 fully saturated rings. The second-order valence-corrected chi connectivity index (χ2v) is 7.66. The number of thiazole rings is 1. The van der Waals surface area contributed by atoms with Crippen LogP contribution in [0.4, 0.5) is 5.13 Å². The largest absolute Gasteiger partial charge is 0.485 e. The van der Waals surface area contributed by atoms with E-state index in [4.69, 9.17) is 4.74 Å². The quantitative estimate of drug-likeness (QED) is 0.578. The van der Waals surface area contributed by atoms with Crippen molar-refractivity contribution in [2.24, 2.45) is 0 Å². The van der Waals surface area contributed by atoms with E-state index >= 15 is 0 Å². The molecule has 3 rings (SSSR count). The summed E-state index contributed by atoms with van der Waals surface area (Å²) in [5.41, 5.74) is 2.18. The Kier molecular flexibility index (Phi) is 6.46. The molecule has 2 heterocycles. The van der Waals surface area contributed by atoms with Gasteiger partial charge in [0.25, 0.3) is 0 Å². The SMILES string of the molecule is CCn1c(COc2c(C)cccc2C)nnc1SCC(=O)Nc1nccs1. The molecule has 0 radical (unpaired) electrons. The Bertz CT molecular complexity index is 888. The van der Waals surface area contributed by atoms with Crippen molar-refractivity contribution in [2.75, 3.05) is 11.1 Å². The number of carbonyl (C=O) groups is 1. The number of benzene rings is 1. The van der Waals surface area contributed by atoms with Crippen LogP contribution in [0.2, 0.25) is 0 Å². The Hall–Kier alpha value is -2.39. The van der Waals surface area contributed by atoms with Gasteiger partial charge in [0.1, 0.15) is 12.4 Å². The average molecular weight is 404 g/mol. The van der Waals surface area contributed by atoms with Gasteiger partial charge in [-0.2, -0.15) is 0 Å². The molecule has 0 aliphatic heterocycles. The van der Waals surface area contributed by atoms with E-state index in [9.17, 15) is 4.79 Å². The third kappa shape index (κ3) is 4.86. The maximum atomic E-state index is 12.0. The van der Waals surface area contributed by atoms with Crippen LogP contribution in [0, 0.1) is 13.8 Å². The molecular formula is C18H21N5O2S2. The lowest BCUT2D eigenvalue weighted by Gasteiger charge is -2.12. The van der Waals surface area contributed by atoms with Crippen LogP contribution in [0.1, 0.15) is 23.9 Å². The van der Waals surface area contributed by atoms with Gasteiger partial charge < -0.3 is 14.6 Å². The van der Waals surface area contributed by atoms with Crippen molar-refractivity contribution in [3.05, 3.63) is 46.7 Å². The summed E-state index contributed by atoms with van der Waals surface area (Å²) in [5.74, 6) is 1.74. The first-order valence-electron chi connectivity index (χ1n) is 8.51. The molecule has 1 aromatic carbocycles. The maximum absolute atomic E-state index is 12.0. The molecule has 2 aromatic heterocycles. The summed E-state index contributed by atoms with van der Waals surface area (Å²) < 4.78 is 7.95. The first-order valence-corrected chi connectivity index (χ1v) is 10.4. The second-order valence-electron chi connectivity index (χ2n) is 5.83. The van der Waals surface area contributed by atoms with E-state index in [0.717, 1.165) is 22.7 Å². The molecule has 1 amide bonds. The Labute approximate surface area is 166 Å². The summed E-state index contributed by atoms with van der Waals surface area (Å²) >= 11 is 2.74. The van der Waals surface area contributed by atoms with E-state index in [1.807, 2.05) is 48.9 Å². The van der Waals surface area contributed by atoms with E-state index in [1.165, 1.54) is 23.1 Å². The van der Waals surface area contributed by atoms with Crippen LogP contribution in [0.15, 0.2) is 34.9 Å². The van der Waals surface area contributed by atoms with Gasteiger partial charge >= 0.3 is 0 Å². The maximum Gasteiger partial charge on any atom is 0.236 e. The van der Waals surface area contributed by atoms with Crippen LogP contribution >= 0.6 is 23.1 Å². The average Bonchev–Trinajstić information content (AvgIpc) is 3.29. The molecule has 0 unspecified atom stereocenters. The summed E-state index contributed by atoms with van der Waals surface area (Å²) in [6.07, 6.45) is 1.66. The van der Waals surface area contributed by atoms with Gasteiger partial charge in [-0.05, 0) is 31.9 Å². The number of amides is 1. The molecule has 0 saturated heterocycles. The van der Waals surface area contributed by atoms with Crippen molar-refractivity contribution in [3.8, 4) is 5.75 Å². The number of aryl methyl sites for hydroxylation is 2. The predicted octanol–water partition coefficient (Wildman–Crippen LogP) is 3.68. The van der Waals surface area contributed by atoms with E-state index in [-0.39, 0.29) is 11.7 Å². The van der Waals surface area contributed by atoms with Crippen LogP contribution in [0.5, 0.6) is 5.75 Å².